The first-order valence-corrected chi connectivity index (χ1v) is 7.61. The fourth-order valence-electron chi connectivity index (χ4n) is 2.51. The molecule has 1 heterocycles. The van der Waals surface area contributed by atoms with Crippen molar-refractivity contribution in [2.75, 3.05) is 25.5 Å². The van der Waals surface area contributed by atoms with Crippen molar-refractivity contribution in [3.05, 3.63) is 24.3 Å². The number of hydrogen-bond donors (Lipinski definition) is 2. The Morgan fingerprint density at radius 3 is 2.95 bits per heavy atom. The number of benzene rings is 1. The largest absolute Gasteiger partial charge is 0.497 e. The van der Waals surface area contributed by atoms with E-state index in [2.05, 4.69) is 10.6 Å². The molecular weight excluding hydrogens is 282 g/mol. The van der Waals surface area contributed by atoms with Gasteiger partial charge in [-0.15, -0.1) is 0 Å². The zero-order chi connectivity index (χ0) is 15.9. The van der Waals surface area contributed by atoms with Crippen LogP contribution in [-0.4, -0.2) is 43.1 Å². The third kappa shape index (κ3) is 4.38. The normalized spacial score (nSPS) is 17.7. The Morgan fingerprint density at radius 2 is 2.23 bits per heavy atom. The molecule has 3 amide bonds. The highest BCUT2D eigenvalue weighted by Gasteiger charge is 2.24. The lowest BCUT2D eigenvalue weighted by molar-refractivity contribution is -0.121. The van der Waals surface area contributed by atoms with Gasteiger partial charge in [-0.3, -0.25) is 4.79 Å². The summed E-state index contributed by atoms with van der Waals surface area (Å²) in [5.74, 6) is 0.726. The molecule has 2 rings (SSSR count). The molecule has 120 valence electrons. The molecule has 2 N–H and O–H groups in total. The molecule has 22 heavy (non-hydrogen) atoms. The van der Waals surface area contributed by atoms with E-state index in [1.54, 1.807) is 18.1 Å². The number of ether oxygens (including phenoxy) is 1. The van der Waals surface area contributed by atoms with Gasteiger partial charge in [-0.05, 0) is 25.0 Å². The summed E-state index contributed by atoms with van der Waals surface area (Å²) in [4.78, 5) is 25.5. The number of anilines is 1. The summed E-state index contributed by atoms with van der Waals surface area (Å²) in [7, 11) is 1.59. The molecule has 0 spiro atoms. The van der Waals surface area contributed by atoms with Gasteiger partial charge < -0.3 is 20.3 Å². The second kappa shape index (κ2) is 7.68. The van der Waals surface area contributed by atoms with E-state index in [-0.39, 0.29) is 18.0 Å². The first kappa shape index (κ1) is 16.1. The SMILES string of the molecule is CCC(=O)NC1CCCN(C(=O)Nc2cccc(OC)c2)C1. The molecule has 0 aliphatic carbocycles. The minimum atomic E-state index is -0.149. The lowest BCUT2D eigenvalue weighted by atomic mass is 10.1. The molecule has 1 aromatic rings. The van der Waals surface area contributed by atoms with Crippen molar-refractivity contribution in [1.29, 1.82) is 0 Å². The number of amides is 3. The molecule has 0 saturated carbocycles. The van der Waals surface area contributed by atoms with Crippen molar-refractivity contribution in [3.63, 3.8) is 0 Å². The van der Waals surface area contributed by atoms with E-state index in [0.717, 1.165) is 12.8 Å². The number of methoxy groups -OCH3 is 1. The van der Waals surface area contributed by atoms with Crippen molar-refractivity contribution < 1.29 is 14.3 Å². The van der Waals surface area contributed by atoms with Gasteiger partial charge in [0, 0.05) is 37.3 Å². The van der Waals surface area contributed by atoms with Crippen LogP contribution in [0.2, 0.25) is 0 Å². The van der Waals surface area contributed by atoms with E-state index in [4.69, 9.17) is 4.74 Å². The average Bonchev–Trinajstić information content (AvgIpc) is 2.55. The Hall–Kier alpha value is -2.24. The van der Waals surface area contributed by atoms with Crippen LogP contribution >= 0.6 is 0 Å². The Bertz CT molecular complexity index is 533. The Balaban J connectivity index is 1.92. The van der Waals surface area contributed by atoms with Gasteiger partial charge >= 0.3 is 6.03 Å². The van der Waals surface area contributed by atoms with E-state index in [9.17, 15) is 9.59 Å². The summed E-state index contributed by atoms with van der Waals surface area (Å²) in [6, 6.07) is 7.14. The molecule has 1 atom stereocenters. The summed E-state index contributed by atoms with van der Waals surface area (Å²) in [5, 5.41) is 5.82. The van der Waals surface area contributed by atoms with Crippen LogP contribution in [0.5, 0.6) is 5.75 Å². The summed E-state index contributed by atoms with van der Waals surface area (Å²) in [6.45, 7) is 3.07. The van der Waals surface area contributed by atoms with Gasteiger partial charge in [-0.25, -0.2) is 4.79 Å². The van der Waals surface area contributed by atoms with Gasteiger partial charge in [0.2, 0.25) is 5.91 Å². The van der Waals surface area contributed by atoms with Crippen LogP contribution in [0.25, 0.3) is 0 Å². The average molecular weight is 305 g/mol. The molecule has 0 bridgehead atoms. The number of urea groups is 1. The molecule has 0 aromatic heterocycles. The van der Waals surface area contributed by atoms with E-state index in [1.165, 1.54) is 0 Å². The van der Waals surface area contributed by atoms with Crippen LogP contribution < -0.4 is 15.4 Å². The number of likely N-dealkylation sites (tertiary alicyclic amines) is 1. The lowest BCUT2D eigenvalue weighted by Gasteiger charge is -2.33. The minimum absolute atomic E-state index is 0.0278. The third-order valence-electron chi connectivity index (χ3n) is 3.72. The second-order valence-corrected chi connectivity index (χ2v) is 5.37. The van der Waals surface area contributed by atoms with Gasteiger partial charge in [-0.2, -0.15) is 0 Å². The molecular formula is C16H23N3O3. The summed E-state index contributed by atoms with van der Waals surface area (Å²) < 4.78 is 5.14. The Kier molecular flexibility index (Phi) is 5.63. The molecule has 1 aromatic carbocycles. The van der Waals surface area contributed by atoms with Crippen molar-refractivity contribution >= 4 is 17.6 Å². The molecule has 1 aliphatic rings. The maximum absolute atomic E-state index is 12.3. The van der Waals surface area contributed by atoms with Crippen molar-refractivity contribution in [1.82, 2.24) is 10.2 Å². The quantitative estimate of drug-likeness (QED) is 0.896. The van der Waals surface area contributed by atoms with Crippen LogP contribution in [0, 0.1) is 0 Å². The van der Waals surface area contributed by atoms with Crippen molar-refractivity contribution in [3.8, 4) is 5.75 Å². The zero-order valence-corrected chi connectivity index (χ0v) is 13.1. The van der Waals surface area contributed by atoms with E-state index in [0.29, 0.717) is 30.9 Å². The highest BCUT2D eigenvalue weighted by atomic mass is 16.5. The zero-order valence-electron chi connectivity index (χ0n) is 13.1. The number of carbonyl (C=O) groups is 2. The minimum Gasteiger partial charge on any atom is -0.497 e. The second-order valence-electron chi connectivity index (χ2n) is 5.37. The smallest absolute Gasteiger partial charge is 0.321 e. The molecule has 0 radical (unpaired) electrons. The molecule has 1 unspecified atom stereocenters. The number of nitrogens with one attached hydrogen (secondary N) is 2. The Morgan fingerprint density at radius 1 is 1.41 bits per heavy atom. The number of rotatable bonds is 4. The van der Waals surface area contributed by atoms with Gasteiger partial charge in [0.05, 0.1) is 7.11 Å². The van der Waals surface area contributed by atoms with Gasteiger partial charge in [0.25, 0.3) is 0 Å². The van der Waals surface area contributed by atoms with E-state index < -0.39 is 0 Å². The van der Waals surface area contributed by atoms with Gasteiger partial charge in [-0.1, -0.05) is 13.0 Å². The van der Waals surface area contributed by atoms with Crippen LogP contribution in [0.4, 0.5) is 10.5 Å². The fraction of sp³-hybridized carbons (Fsp3) is 0.500. The molecule has 1 saturated heterocycles. The predicted molar refractivity (Wildman–Crippen MR) is 85.0 cm³/mol. The predicted octanol–water partition coefficient (Wildman–Crippen LogP) is 2.22. The van der Waals surface area contributed by atoms with Crippen LogP contribution in [0.15, 0.2) is 24.3 Å². The first-order chi connectivity index (χ1) is 10.6. The maximum atomic E-state index is 12.3. The van der Waals surface area contributed by atoms with Crippen LogP contribution in [0.1, 0.15) is 26.2 Å². The van der Waals surface area contributed by atoms with Crippen LogP contribution in [-0.2, 0) is 4.79 Å². The van der Waals surface area contributed by atoms with E-state index >= 15 is 0 Å². The maximum Gasteiger partial charge on any atom is 0.321 e. The first-order valence-electron chi connectivity index (χ1n) is 7.61. The van der Waals surface area contributed by atoms with Gasteiger partial charge in [0.15, 0.2) is 0 Å². The molecule has 1 fully saturated rings. The molecule has 1 aliphatic heterocycles. The summed E-state index contributed by atoms with van der Waals surface area (Å²) >= 11 is 0. The molecule has 6 nitrogen and oxygen atoms in total. The summed E-state index contributed by atoms with van der Waals surface area (Å²) in [6.07, 6.45) is 2.27. The highest BCUT2D eigenvalue weighted by Crippen LogP contribution is 2.18. The van der Waals surface area contributed by atoms with Gasteiger partial charge in [0.1, 0.15) is 5.75 Å². The monoisotopic (exact) mass is 305 g/mol. The lowest BCUT2D eigenvalue weighted by Crippen LogP contribution is -2.50. The standard InChI is InChI=1S/C16H23N3O3/c1-3-15(20)17-13-7-5-9-19(11-13)16(21)18-12-6-4-8-14(10-12)22-2/h4,6,8,10,13H,3,5,7,9,11H2,1-2H3,(H,17,20)(H,18,21). The molecule has 6 heteroatoms. The number of piperidine rings is 1. The number of nitrogens with zero attached hydrogens (tertiary/aromatic N) is 1. The van der Waals surface area contributed by atoms with Crippen molar-refractivity contribution in [2.45, 2.75) is 32.2 Å². The summed E-state index contributed by atoms with van der Waals surface area (Å²) in [5.41, 5.74) is 0.698. The number of carbonyl (C=O) groups excluding carboxylic acids is 2. The fourth-order valence-corrected chi connectivity index (χ4v) is 2.51. The topological polar surface area (TPSA) is 70.7 Å². The van der Waals surface area contributed by atoms with E-state index in [1.807, 2.05) is 25.1 Å². The Labute approximate surface area is 130 Å². The van der Waals surface area contributed by atoms with Crippen LogP contribution in [0.3, 0.4) is 0 Å². The number of hydrogen-bond acceptors (Lipinski definition) is 3. The highest BCUT2D eigenvalue weighted by molar-refractivity contribution is 5.89. The third-order valence-corrected chi connectivity index (χ3v) is 3.72. The van der Waals surface area contributed by atoms with Crippen molar-refractivity contribution in [2.24, 2.45) is 0 Å².